The summed E-state index contributed by atoms with van der Waals surface area (Å²) in [7, 11) is 0. The van der Waals surface area contributed by atoms with Crippen LogP contribution in [0.25, 0.3) is 0 Å². The van der Waals surface area contributed by atoms with Crippen molar-refractivity contribution >= 4 is 29.4 Å². The van der Waals surface area contributed by atoms with E-state index in [0.717, 1.165) is 5.56 Å². The van der Waals surface area contributed by atoms with E-state index in [1.54, 1.807) is 24.3 Å². The molecule has 0 aliphatic rings. The fraction of sp³-hybridized carbons (Fsp3) is 0.500. The van der Waals surface area contributed by atoms with Crippen molar-refractivity contribution in [3.8, 4) is 0 Å². The number of benzene rings is 1. The first-order valence-corrected chi connectivity index (χ1v) is 8.80. The van der Waals surface area contributed by atoms with Crippen LogP contribution in [-0.2, 0) is 14.4 Å². The number of nitrogens with two attached hydrogens (primary N) is 1. The number of carbonyl (C=O) groups is 3. The van der Waals surface area contributed by atoms with Gasteiger partial charge in [0, 0.05) is 23.9 Å². The van der Waals surface area contributed by atoms with Crippen LogP contribution in [0.2, 0.25) is 5.02 Å². The van der Waals surface area contributed by atoms with Crippen LogP contribution in [0.3, 0.4) is 0 Å². The van der Waals surface area contributed by atoms with E-state index >= 15 is 0 Å². The van der Waals surface area contributed by atoms with E-state index in [4.69, 9.17) is 22.4 Å². The van der Waals surface area contributed by atoms with Crippen LogP contribution in [0.5, 0.6) is 0 Å². The fourth-order valence-electron chi connectivity index (χ4n) is 2.27. The van der Waals surface area contributed by atoms with Crippen molar-refractivity contribution in [3.05, 3.63) is 34.9 Å². The lowest BCUT2D eigenvalue weighted by Gasteiger charge is -2.21. The Morgan fingerprint density at radius 1 is 1.15 bits per heavy atom. The molecule has 0 bridgehead atoms. The molecule has 0 aromatic heterocycles. The van der Waals surface area contributed by atoms with E-state index < -0.39 is 24.0 Å². The molecule has 144 valence electrons. The van der Waals surface area contributed by atoms with Gasteiger partial charge in [-0.05, 0) is 30.5 Å². The van der Waals surface area contributed by atoms with Crippen molar-refractivity contribution in [2.45, 2.75) is 45.2 Å². The second-order valence-corrected chi connectivity index (χ2v) is 7.03. The zero-order chi connectivity index (χ0) is 19.9. The summed E-state index contributed by atoms with van der Waals surface area (Å²) in [5, 5.41) is 14.6. The van der Waals surface area contributed by atoms with Gasteiger partial charge >= 0.3 is 5.97 Å². The number of hydrogen-bond donors (Lipinski definition) is 4. The summed E-state index contributed by atoms with van der Waals surface area (Å²) in [4.78, 5) is 35.1. The minimum atomic E-state index is -1.11. The maximum atomic E-state index is 12.2. The molecule has 2 amide bonds. The van der Waals surface area contributed by atoms with Crippen molar-refractivity contribution in [2.75, 3.05) is 6.54 Å². The third kappa shape index (κ3) is 7.01. The van der Waals surface area contributed by atoms with Crippen LogP contribution >= 0.6 is 11.6 Å². The van der Waals surface area contributed by atoms with Gasteiger partial charge in [-0.3, -0.25) is 14.4 Å². The number of carboxylic acid groups (broad SMARTS) is 1. The van der Waals surface area contributed by atoms with Crippen LogP contribution < -0.4 is 16.4 Å². The highest BCUT2D eigenvalue weighted by Crippen LogP contribution is 2.21. The quantitative estimate of drug-likeness (QED) is 0.515. The first kappa shape index (κ1) is 21.9. The van der Waals surface area contributed by atoms with Gasteiger partial charge in [-0.1, -0.05) is 37.6 Å². The maximum Gasteiger partial charge on any atom is 0.325 e. The predicted molar refractivity (Wildman–Crippen MR) is 99.9 cm³/mol. The maximum absolute atomic E-state index is 12.2. The number of rotatable bonds is 9. The Morgan fingerprint density at radius 2 is 1.73 bits per heavy atom. The molecule has 1 aromatic carbocycles. The van der Waals surface area contributed by atoms with Gasteiger partial charge in [0.1, 0.15) is 6.04 Å². The number of amides is 2. The molecule has 0 aliphatic carbocycles. The summed E-state index contributed by atoms with van der Waals surface area (Å²) in [6.45, 7) is 5.29. The van der Waals surface area contributed by atoms with E-state index in [2.05, 4.69) is 10.6 Å². The van der Waals surface area contributed by atoms with Crippen LogP contribution in [0.4, 0.5) is 0 Å². The molecule has 1 aromatic rings. The summed E-state index contributed by atoms with van der Waals surface area (Å²) < 4.78 is 0. The molecule has 3 atom stereocenters. The predicted octanol–water partition coefficient (Wildman–Crippen LogP) is 1.50. The number of aliphatic carboxylic acids is 1. The molecule has 0 unspecified atom stereocenters. The number of carbonyl (C=O) groups excluding carboxylic acids is 2. The average molecular weight is 384 g/mol. The van der Waals surface area contributed by atoms with Crippen LogP contribution in [0, 0.1) is 5.92 Å². The molecule has 0 fully saturated rings. The molecule has 0 spiro atoms. The zero-order valence-corrected chi connectivity index (χ0v) is 15.9. The second kappa shape index (κ2) is 10.1. The van der Waals surface area contributed by atoms with Crippen LogP contribution in [0.1, 0.15) is 38.7 Å². The van der Waals surface area contributed by atoms with Gasteiger partial charge in [-0.15, -0.1) is 0 Å². The number of carboxylic acids is 1. The molecule has 0 aliphatic heterocycles. The molecule has 0 saturated carbocycles. The van der Waals surface area contributed by atoms with Crippen LogP contribution in [-0.4, -0.2) is 41.5 Å². The SMILES string of the molecule is CC(C)[C@@H](N)C(=O)NC[C@H](CC(=O)N[C@@H](C)C(=O)O)c1ccc(Cl)cc1. The monoisotopic (exact) mass is 383 g/mol. The number of hydrogen-bond acceptors (Lipinski definition) is 4. The standard InChI is InChI=1S/C18H26ClN3O4/c1-10(2)16(20)17(24)21-9-13(12-4-6-14(19)7-5-12)8-15(23)22-11(3)18(25)26/h4-7,10-11,13,16H,8-9,20H2,1-3H3,(H,21,24)(H,22,23)(H,25,26)/t11-,13-,16+/m0/s1. The van der Waals surface area contributed by atoms with E-state index in [1.807, 2.05) is 13.8 Å². The minimum absolute atomic E-state index is 0.0105. The molecule has 8 heteroatoms. The summed E-state index contributed by atoms with van der Waals surface area (Å²) in [6, 6.07) is 5.32. The number of nitrogens with one attached hydrogen (secondary N) is 2. The topological polar surface area (TPSA) is 122 Å². The summed E-state index contributed by atoms with van der Waals surface area (Å²) in [5.74, 6) is -2.17. The summed E-state index contributed by atoms with van der Waals surface area (Å²) in [5.41, 5.74) is 6.64. The zero-order valence-electron chi connectivity index (χ0n) is 15.2. The third-order valence-electron chi connectivity index (χ3n) is 4.06. The van der Waals surface area contributed by atoms with Gasteiger partial charge in [0.05, 0.1) is 6.04 Å². The molecule has 5 N–H and O–H groups in total. The third-order valence-corrected chi connectivity index (χ3v) is 4.32. The van der Waals surface area contributed by atoms with Crippen molar-refractivity contribution in [2.24, 2.45) is 11.7 Å². The van der Waals surface area contributed by atoms with Gasteiger partial charge < -0.3 is 21.5 Å². The Balaban J connectivity index is 2.82. The fourth-order valence-corrected chi connectivity index (χ4v) is 2.40. The lowest BCUT2D eigenvalue weighted by Crippen LogP contribution is -2.45. The molecular weight excluding hydrogens is 358 g/mol. The van der Waals surface area contributed by atoms with Crippen molar-refractivity contribution in [3.63, 3.8) is 0 Å². The van der Waals surface area contributed by atoms with E-state index in [1.165, 1.54) is 6.92 Å². The molecule has 0 saturated heterocycles. The van der Waals surface area contributed by atoms with Gasteiger partial charge in [0.25, 0.3) is 0 Å². The van der Waals surface area contributed by atoms with Crippen LogP contribution in [0.15, 0.2) is 24.3 Å². The summed E-state index contributed by atoms with van der Waals surface area (Å²) >= 11 is 5.90. The van der Waals surface area contributed by atoms with Crippen molar-refractivity contribution in [1.29, 1.82) is 0 Å². The first-order valence-electron chi connectivity index (χ1n) is 8.42. The Labute approximate surface area is 158 Å². The van der Waals surface area contributed by atoms with E-state index in [9.17, 15) is 14.4 Å². The Hall–Kier alpha value is -2.12. The van der Waals surface area contributed by atoms with Gasteiger partial charge in [0.2, 0.25) is 11.8 Å². The lowest BCUT2D eigenvalue weighted by molar-refractivity contribution is -0.141. The molecule has 0 heterocycles. The molecule has 7 nitrogen and oxygen atoms in total. The molecule has 0 radical (unpaired) electrons. The average Bonchev–Trinajstić information content (AvgIpc) is 2.58. The highest BCUT2D eigenvalue weighted by molar-refractivity contribution is 6.30. The van der Waals surface area contributed by atoms with Gasteiger partial charge in [-0.2, -0.15) is 0 Å². The Bertz CT molecular complexity index is 634. The normalized spacial score (nSPS) is 14.4. The smallest absolute Gasteiger partial charge is 0.325 e. The highest BCUT2D eigenvalue weighted by atomic mass is 35.5. The van der Waals surface area contributed by atoms with E-state index in [-0.39, 0.29) is 30.7 Å². The van der Waals surface area contributed by atoms with Gasteiger partial charge in [-0.25, -0.2) is 0 Å². The molecule has 1 rings (SSSR count). The first-order chi connectivity index (χ1) is 12.1. The van der Waals surface area contributed by atoms with Crippen molar-refractivity contribution < 1.29 is 19.5 Å². The summed E-state index contributed by atoms with van der Waals surface area (Å²) in [6.07, 6.45) is 0.0243. The molecule has 26 heavy (non-hydrogen) atoms. The lowest BCUT2D eigenvalue weighted by atomic mass is 9.94. The Kier molecular flexibility index (Phi) is 8.54. The Morgan fingerprint density at radius 3 is 2.23 bits per heavy atom. The van der Waals surface area contributed by atoms with Crippen molar-refractivity contribution in [1.82, 2.24) is 10.6 Å². The minimum Gasteiger partial charge on any atom is -0.480 e. The highest BCUT2D eigenvalue weighted by Gasteiger charge is 2.22. The number of halogens is 1. The molecular formula is C18H26ClN3O4. The largest absolute Gasteiger partial charge is 0.480 e. The second-order valence-electron chi connectivity index (χ2n) is 6.59. The van der Waals surface area contributed by atoms with E-state index in [0.29, 0.717) is 5.02 Å². The van der Waals surface area contributed by atoms with Gasteiger partial charge in [0.15, 0.2) is 0 Å².